The number of nitro groups is 1. The summed E-state index contributed by atoms with van der Waals surface area (Å²) < 4.78 is 5.38. The number of rotatable bonds is 4. The quantitative estimate of drug-likeness (QED) is 0.466. The van der Waals surface area contributed by atoms with Crippen LogP contribution in [0.5, 0.6) is 0 Å². The average molecular weight is 353 g/mol. The third-order valence-corrected chi connectivity index (χ3v) is 4.90. The zero-order valence-electron chi connectivity index (χ0n) is 14.2. The van der Waals surface area contributed by atoms with Crippen molar-refractivity contribution in [2.45, 2.75) is 44.2 Å². The number of ether oxygens (including phenoxy) is 1. The van der Waals surface area contributed by atoms with Crippen LogP contribution in [0.1, 0.15) is 33.6 Å². The van der Waals surface area contributed by atoms with Gasteiger partial charge >= 0.3 is 11.8 Å². The van der Waals surface area contributed by atoms with E-state index in [0.717, 1.165) is 18.6 Å². The van der Waals surface area contributed by atoms with E-state index >= 15 is 0 Å². The maximum absolute atomic E-state index is 12.0. The number of thioether (sulfide) groups is 1. The van der Waals surface area contributed by atoms with E-state index in [1.807, 2.05) is 20.8 Å². The summed E-state index contributed by atoms with van der Waals surface area (Å²) in [4.78, 5) is 28.5. The molecule has 0 saturated carbocycles. The van der Waals surface area contributed by atoms with Crippen molar-refractivity contribution in [1.29, 1.82) is 0 Å². The lowest BCUT2D eigenvalue weighted by Crippen LogP contribution is -2.42. The number of hydrogen-bond acceptors (Lipinski definition) is 6. The summed E-state index contributed by atoms with van der Waals surface area (Å²) in [7, 11) is 0. The maximum Gasteiger partial charge on any atom is 0.410 e. The summed E-state index contributed by atoms with van der Waals surface area (Å²) in [6.07, 6.45) is 3.04. The van der Waals surface area contributed by atoms with Gasteiger partial charge < -0.3 is 9.64 Å². The summed E-state index contributed by atoms with van der Waals surface area (Å²) in [5.74, 6) is 1.18. The molecule has 0 aromatic carbocycles. The first-order valence-electron chi connectivity index (χ1n) is 7.96. The molecular weight excluding hydrogens is 330 g/mol. The largest absolute Gasteiger partial charge is 0.444 e. The van der Waals surface area contributed by atoms with E-state index in [1.54, 1.807) is 17.2 Å². The number of nitrogens with zero attached hydrogens (tertiary/aromatic N) is 3. The topological polar surface area (TPSA) is 85.6 Å². The molecule has 0 radical (unpaired) electrons. The molecule has 1 fully saturated rings. The normalized spacial score (nSPS) is 16.0. The van der Waals surface area contributed by atoms with E-state index in [9.17, 15) is 14.9 Å². The Hall–Kier alpha value is -1.83. The molecule has 1 amide bonds. The third kappa shape index (κ3) is 5.36. The van der Waals surface area contributed by atoms with Gasteiger partial charge in [-0.3, -0.25) is 10.1 Å². The summed E-state index contributed by atoms with van der Waals surface area (Å²) in [6, 6.07) is 3.04. The Morgan fingerprint density at radius 3 is 2.71 bits per heavy atom. The van der Waals surface area contributed by atoms with Crippen LogP contribution >= 0.6 is 11.8 Å². The van der Waals surface area contributed by atoms with Gasteiger partial charge in [-0.25, -0.2) is 9.78 Å². The number of carbonyl (C=O) groups excluding carboxylic acids is 1. The van der Waals surface area contributed by atoms with Gasteiger partial charge in [0.15, 0.2) is 5.03 Å². The fraction of sp³-hybridized carbons (Fsp3) is 0.625. The van der Waals surface area contributed by atoms with Gasteiger partial charge in [-0.05, 0) is 45.6 Å². The Morgan fingerprint density at radius 2 is 2.12 bits per heavy atom. The Balaban J connectivity index is 1.82. The molecule has 0 aliphatic carbocycles. The van der Waals surface area contributed by atoms with E-state index in [4.69, 9.17) is 4.74 Å². The van der Waals surface area contributed by atoms with Gasteiger partial charge in [-0.1, -0.05) is 11.8 Å². The highest BCUT2D eigenvalue weighted by Crippen LogP contribution is 2.31. The van der Waals surface area contributed by atoms with Gasteiger partial charge in [0.25, 0.3) is 0 Å². The van der Waals surface area contributed by atoms with Crippen LogP contribution < -0.4 is 0 Å². The SMILES string of the molecule is CC(C)(C)OC(=O)N1CCC(CSc2ncccc2[N+](=O)[O-])CC1. The molecular formula is C16H23N3O4S. The first-order valence-corrected chi connectivity index (χ1v) is 8.95. The standard InChI is InChI=1S/C16H23N3O4S/c1-16(2,3)23-15(20)18-9-6-12(7-10-18)11-24-14-13(19(21)22)5-4-8-17-14/h4-5,8,12H,6-7,9-11H2,1-3H3. The lowest BCUT2D eigenvalue weighted by atomic mass is 9.99. The van der Waals surface area contributed by atoms with E-state index in [0.29, 0.717) is 24.0 Å². The first-order chi connectivity index (χ1) is 11.3. The number of hydrogen-bond donors (Lipinski definition) is 0. The number of carbonyl (C=O) groups is 1. The first kappa shape index (κ1) is 18.5. The van der Waals surface area contributed by atoms with Crippen molar-refractivity contribution in [3.05, 3.63) is 28.4 Å². The van der Waals surface area contributed by atoms with Crippen molar-refractivity contribution in [2.75, 3.05) is 18.8 Å². The Bertz CT molecular complexity index is 595. The minimum absolute atomic E-state index is 0.0497. The van der Waals surface area contributed by atoms with E-state index in [1.165, 1.54) is 17.8 Å². The van der Waals surface area contributed by atoms with Crippen molar-refractivity contribution in [3.8, 4) is 0 Å². The van der Waals surface area contributed by atoms with Gasteiger partial charge in [0, 0.05) is 31.1 Å². The Kier molecular flexibility index (Phi) is 6.04. The monoisotopic (exact) mass is 353 g/mol. The van der Waals surface area contributed by atoms with Crippen LogP contribution in [-0.2, 0) is 4.74 Å². The lowest BCUT2D eigenvalue weighted by molar-refractivity contribution is -0.388. The number of amides is 1. The maximum atomic E-state index is 12.0. The lowest BCUT2D eigenvalue weighted by Gasteiger charge is -2.33. The van der Waals surface area contributed by atoms with Crippen LogP contribution in [0.25, 0.3) is 0 Å². The van der Waals surface area contributed by atoms with Crippen molar-refractivity contribution in [3.63, 3.8) is 0 Å². The molecule has 132 valence electrons. The second-order valence-corrected chi connectivity index (χ2v) is 7.82. The summed E-state index contributed by atoms with van der Waals surface area (Å²) in [5.41, 5.74) is -0.435. The molecule has 24 heavy (non-hydrogen) atoms. The second-order valence-electron chi connectivity index (χ2n) is 6.81. The zero-order valence-corrected chi connectivity index (χ0v) is 15.0. The molecule has 1 aromatic rings. The Morgan fingerprint density at radius 1 is 1.46 bits per heavy atom. The molecule has 1 aliphatic rings. The smallest absolute Gasteiger partial charge is 0.410 e. The molecule has 0 N–H and O–H groups in total. The van der Waals surface area contributed by atoms with Gasteiger partial charge in [0.2, 0.25) is 0 Å². The van der Waals surface area contributed by atoms with Crippen LogP contribution in [0.3, 0.4) is 0 Å². The molecule has 2 rings (SSSR count). The van der Waals surface area contributed by atoms with Crippen LogP contribution in [0.4, 0.5) is 10.5 Å². The van der Waals surface area contributed by atoms with Crippen molar-refractivity contribution in [2.24, 2.45) is 5.92 Å². The van der Waals surface area contributed by atoms with Crippen LogP contribution in [0.2, 0.25) is 0 Å². The highest BCUT2D eigenvalue weighted by molar-refractivity contribution is 7.99. The second kappa shape index (κ2) is 7.83. The van der Waals surface area contributed by atoms with Crippen molar-refractivity contribution < 1.29 is 14.5 Å². The van der Waals surface area contributed by atoms with Crippen LogP contribution in [0, 0.1) is 16.0 Å². The third-order valence-electron chi connectivity index (χ3n) is 3.67. The summed E-state index contributed by atoms with van der Waals surface area (Å²) >= 11 is 1.41. The number of pyridine rings is 1. The summed E-state index contributed by atoms with van der Waals surface area (Å²) in [6.45, 7) is 6.88. The molecule has 7 nitrogen and oxygen atoms in total. The van der Waals surface area contributed by atoms with Crippen LogP contribution in [0.15, 0.2) is 23.4 Å². The van der Waals surface area contributed by atoms with Crippen molar-refractivity contribution >= 4 is 23.5 Å². The molecule has 0 spiro atoms. The molecule has 1 aliphatic heterocycles. The average Bonchev–Trinajstić information content (AvgIpc) is 2.52. The molecule has 1 aromatic heterocycles. The predicted molar refractivity (Wildman–Crippen MR) is 92.1 cm³/mol. The Labute approximate surface area is 145 Å². The van der Waals surface area contributed by atoms with E-state index in [2.05, 4.69) is 4.98 Å². The molecule has 1 saturated heterocycles. The minimum Gasteiger partial charge on any atom is -0.444 e. The predicted octanol–water partition coefficient (Wildman–Crippen LogP) is 3.73. The highest BCUT2D eigenvalue weighted by Gasteiger charge is 2.27. The van der Waals surface area contributed by atoms with Gasteiger partial charge in [0.05, 0.1) is 4.92 Å². The van der Waals surface area contributed by atoms with Gasteiger partial charge in [-0.15, -0.1) is 0 Å². The molecule has 2 heterocycles. The molecule has 0 atom stereocenters. The van der Waals surface area contributed by atoms with Gasteiger partial charge in [-0.2, -0.15) is 0 Å². The van der Waals surface area contributed by atoms with E-state index < -0.39 is 10.5 Å². The highest BCUT2D eigenvalue weighted by atomic mass is 32.2. The fourth-order valence-corrected chi connectivity index (χ4v) is 3.59. The number of piperidine rings is 1. The zero-order chi connectivity index (χ0) is 17.7. The van der Waals surface area contributed by atoms with Crippen LogP contribution in [-0.4, -0.2) is 45.3 Å². The minimum atomic E-state index is -0.484. The molecule has 8 heteroatoms. The fourth-order valence-electron chi connectivity index (χ4n) is 2.44. The molecule has 0 unspecified atom stereocenters. The van der Waals surface area contributed by atoms with E-state index in [-0.39, 0.29) is 11.8 Å². The van der Waals surface area contributed by atoms with Gasteiger partial charge in [0.1, 0.15) is 5.60 Å². The van der Waals surface area contributed by atoms with Crippen molar-refractivity contribution in [1.82, 2.24) is 9.88 Å². The number of likely N-dealkylation sites (tertiary alicyclic amines) is 1. The number of aromatic nitrogens is 1. The summed E-state index contributed by atoms with van der Waals surface area (Å²) in [5, 5.41) is 11.5. The molecule has 0 bridgehead atoms.